The molecule has 1 aromatic carbocycles. The molecule has 0 aliphatic rings. The molecule has 0 aliphatic heterocycles. The summed E-state index contributed by atoms with van der Waals surface area (Å²) >= 11 is 0. The third kappa shape index (κ3) is 2.35. The number of nitrogens with two attached hydrogens (primary N) is 1. The van der Waals surface area contributed by atoms with Crippen molar-refractivity contribution in [2.45, 2.75) is 0 Å². The highest BCUT2D eigenvalue weighted by Crippen LogP contribution is 2.21. The van der Waals surface area contributed by atoms with Gasteiger partial charge in [-0.3, -0.25) is 10.2 Å². The van der Waals surface area contributed by atoms with E-state index in [1.54, 1.807) is 26.3 Å². The zero-order valence-corrected chi connectivity index (χ0v) is 10.8. The Morgan fingerprint density at radius 2 is 1.84 bits per heavy atom. The summed E-state index contributed by atoms with van der Waals surface area (Å²) in [4.78, 5) is 12.0. The van der Waals surface area contributed by atoms with Crippen LogP contribution in [0.1, 0.15) is 5.56 Å². The minimum absolute atomic E-state index is 0.208. The molecule has 0 atom stereocenters. The fraction of sp³-hybridized carbons (Fsp3) is 0.143. The SMILES string of the molecule is COc1ccc(-c2ccc(C(=N)N)c(=O)n2C)cc1. The second-order valence-electron chi connectivity index (χ2n) is 4.14. The van der Waals surface area contributed by atoms with Gasteiger partial charge in [0.1, 0.15) is 11.6 Å². The molecule has 5 heteroatoms. The predicted octanol–water partition coefficient (Wildman–Crippen LogP) is 1.34. The number of hydrogen-bond donors (Lipinski definition) is 2. The van der Waals surface area contributed by atoms with E-state index in [1.165, 1.54) is 4.57 Å². The maximum absolute atomic E-state index is 12.0. The van der Waals surface area contributed by atoms with Crippen molar-refractivity contribution in [3.63, 3.8) is 0 Å². The standard InChI is InChI=1S/C14H15N3O2/c1-17-12(8-7-11(13(15)16)14(17)18)9-3-5-10(19-2)6-4-9/h3-8H,1-2H3,(H3,15,16). The second-order valence-corrected chi connectivity index (χ2v) is 4.14. The van der Waals surface area contributed by atoms with E-state index in [0.717, 1.165) is 17.0 Å². The number of benzene rings is 1. The minimum atomic E-state index is -0.277. The molecule has 0 aliphatic carbocycles. The van der Waals surface area contributed by atoms with Gasteiger partial charge in [-0.1, -0.05) is 0 Å². The van der Waals surface area contributed by atoms with E-state index in [1.807, 2.05) is 24.3 Å². The highest BCUT2D eigenvalue weighted by Gasteiger charge is 2.09. The predicted molar refractivity (Wildman–Crippen MR) is 74.7 cm³/mol. The molecule has 3 N–H and O–H groups in total. The molecule has 5 nitrogen and oxygen atoms in total. The van der Waals surface area contributed by atoms with Crippen LogP contribution in [0.4, 0.5) is 0 Å². The average Bonchev–Trinajstić information content (AvgIpc) is 2.41. The summed E-state index contributed by atoms with van der Waals surface area (Å²) < 4.78 is 6.58. The zero-order chi connectivity index (χ0) is 14.0. The Labute approximate surface area is 110 Å². The lowest BCUT2D eigenvalue weighted by Gasteiger charge is -2.10. The van der Waals surface area contributed by atoms with Crippen LogP contribution < -0.4 is 16.0 Å². The quantitative estimate of drug-likeness (QED) is 0.643. The highest BCUT2D eigenvalue weighted by atomic mass is 16.5. The Morgan fingerprint density at radius 1 is 1.21 bits per heavy atom. The van der Waals surface area contributed by atoms with Crippen LogP contribution in [0.2, 0.25) is 0 Å². The summed E-state index contributed by atoms with van der Waals surface area (Å²) in [6.07, 6.45) is 0. The highest BCUT2D eigenvalue weighted by molar-refractivity contribution is 5.94. The monoisotopic (exact) mass is 257 g/mol. The van der Waals surface area contributed by atoms with Gasteiger partial charge in [0.25, 0.3) is 5.56 Å². The molecular formula is C14H15N3O2. The minimum Gasteiger partial charge on any atom is -0.497 e. The number of hydrogen-bond acceptors (Lipinski definition) is 3. The molecule has 0 amide bonds. The lowest BCUT2D eigenvalue weighted by molar-refractivity contribution is 0.415. The summed E-state index contributed by atoms with van der Waals surface area (Å²) in [5.41, 5.74) is 6.95. The third-order valence-electron chi connectivity index (χ3n) is 2.98. The van der Waals surface area contributed by atoms with Gasteiger partial charge < -0.3 is 15.0 Å². The number of rotatable bonds is 3. The first-order chi connectivity index (χ1) is 9.04. The Kier molecular flexibility index (Phi) is 3.37. The largest absolute Gasteiger partial charge is 0.497 e. The van der Waals surface area contributed by atoms with Crippen molar-refractivity contribution in [2.24, 2.45) is 12.8 Å². The van der Waals surface area contributed by atoms with E-state index in [0.29, 0.717) is 0 Å². The first kappa shape index (κ1) is 12.9. The Hall–Kier alpha value is -2.56. The number of nitrogens with zero attached hydrogens (tertiary/aromatic N) is 1. The lowest BCUT2D eigenvalue weighted by atomic mass is 10.1. The van der Waals surface area contributed by atoms with Crippen molar-refractivity contribution < 1.29 is 4.74 Å². The molecule has 19 heavy (non-hydrogen) atoms. The summed E-state index contributed by atoms with van der Waals surface area (Å²) in [6.45, 7) is 0. The zero-order valence-electron chi connectivity index (χ0n) is 10.8. The molecule has 0 saturated carbocycles. The normalized spacial score (nSPS) is 10.2. The van der Waals surface area contributed by atoms with Crippen LogP contribution in [-0.2, 0) is 7.05 Å². The molecule has 1 aromatic heterocycles. The number of ether oxygens (including phenoxy) is 1. The van der Waals surface area contributed by atoms with Crippen molar-refractivity contribution in [2.75, 3.05) is 7.11 Å². The van der Waals surface area contributed by atoms with Gasteiger partial charge in [0.2, 0.25) is 0 Å². The smallest absolute Gasteiger partial charge is 0.261 e. The van der Waals surface area contributed by atoms with Gasteiger partial charge in [0.15, 0.2) is 0 Å². The molecule has 0 saturated heterocycles. The molecule has 0 unspecified atom stereocenters. The van der Waals surface area contributed by atoms with Crippen LogP contribution in [0.15, 0.2) is 41.2 Å². The molecule has 0 fully saturated rings. The van der Waals surface area contributed by atoms with E-state index in [4.69, 9.17) is 15.9 Å². The molecule has 2 aromatic rings. The van der Waals surface area contributed by atoms with Crippen molar-refractivity contribution in [3.05, 3.63) is 52.3 Å². The van der Waals surface area contributed by atoms with Crippen molar-refractivity contribution in [3.8, 4) is 17.0 Å². The van der Waals surface area contributed by atoms with E-state index in [9.17, 15) is 4.79 Å². The van der Waals surface area contributed by atoms with Crippen LogP contribution in [0, 0.1) is 5.41 Å². The van der Waals surface area contributed by atoms with Crippen LogP contribution in [-0.4, -0.2) is 17.5 Å². The number of aromatic nitrogens is 1. The van der Waals surface area contributed by atoms with Crippen LogP contribution in [0.3, 0.4) is 0 Å². The van der Waals surface area contributed by atoms with Gasteiger partial charge in [0, 0.05) is 7.05 Å². The average molecular weight is 257 g/mol. The number of methoxy groups -OCH3 is 1. The number of pyridine rings is 1. The number of amidine groups is 1. The van der Waals surface area contributed by atoms with Crippen LogP contribution >= 0.6 is 0 Å². The summed E-state index contributed by atoms with van der Waals surface area (Å²) in [6, 6.07) is 10.8. The Bertz CT molecular complexity index is 672. The van der Waals surface area contributed by atoms with Gasteiger partial charge in [0.05, 0.1) is 18.4 Å². The van der Waals surface area contributed by atoms with Crippen LogP contribution in [0.25, 0.3) is 11.3 Å². The van der Waals surface area contributed by atoms with Crippen molar-refractivity contribution in [1.82, 2.24) is 4.57 Å². The van der Waals surface area contributed by atoms with Crippen molar-refractivity contribution in [1.29, 1.82) is 5.41 Å². The fourth-order valence-electron chi connectivity index (χ4n) is 1.89. The first-order valence-corrected chi connectivity index (χ1v) is 5.73. The van der Waals surface area contributed by atoms with Gasteiger partial charge in [-0.2, -0.15) is 0 Å². The maximum Gasteiger partial charge on any atom is 0.261 e. The molecule has 0 spiro atoms. The van der Waals surface area contributed by atoms with Gasteiger partial charge in [-0.15, -0.1) is 0 Å². The second kappa shape index (κ2) is 4.97. The lowest BCUT2D eigenvalue weighted by Crippen LogP contribution is -2.28. The van der Waals surface area contributed by atoms with Gasteiger partial charge in [-0.25, -0.2) is 0 Å². The molecule has 0 radical (unpaired) electrons. The first-order valence-electron chi connectivity index (χ1n) is 5.73. The van der Waals surface area contributed by atoms with Crippen molar-refractivity contribution >= 4 is 5.84 Å². The van der Waals surface area contributed by atoms with Gasteiger partial charge >= 0.3 is 0 Å². The number of nitrogen functional groups attached to an aromatic ring is 1. The van der Waals surface area contributed by atoms with E-state index in [-0.39, 0.29) is 17.0 Å². The van der Waals surface area contributed by atoms with E-state index < -0.39 is 0 Å². The Balaban J connectivity index is 2.54. The van der Waals surface area contributed by atoms with Gasteiger partial charge in [-0.05, 0) is 42.0 Å². The van der Waals surface area contributed by atoms with Crippen LogP contribution in [0.5, 0.6) is 5.75 Å². The molecule has 0 bridgehead atoms. The van der Waals surface area contributed by atoms with E-state index in [2.05, 4.69) is 0 Å². The molecular weight excluding hydrogens is 242 g/mol. The summed E-state index contributed by atoms with van der Waals surface area (Å²) in [5.74, 6) is 0.538. The number of nitrogens with one attached hydrogen (secondary N) is 1. The molecule has 2 rings (SSSR count). The maximum atomic E-state index is 12.0. The van der Waals surface area contributed by atoms with E-state index >= 15 is 0 Å². The summed E-state index contributed by atoms with van der Waals surface area (Å²) in [7, 11) is 3.26. The topological polar surface area (TPSA) is 81.1 Å². The molecule has 98 valence electrons. The molecule has 1 heterocycles. The fourth-order valence-corrected chi connectivity index (χ4v) is 1.89. The third-order valence-corrected chi connectivity index (χ3v) is 2.98. The summed E-state index contributed by atoms with van der Waals surface area (Å²) in [5, 5.41) is 7.35. The Morgan fingerprint density at radius 3 is 2.37 bits per heavy atom.